The van der Waals surface area contributed by atoms with Gasteiger partial charge in [0.2, 0.25) is 0 Å². The second-order valence-electron chi connectivity index (χ2n) is 8.58. The van der Waals surface area contributed by atoms with E-state index < -0.39 is 0 Å². The van der Waals surface area contributed by atoms with Gasteiger partial charge in [-0.3, -0.25) is 15.1 Å². The van der Waals surface area contributed by atoms with Gasteiger partial charge in [0.1, 0.15) is 11.6 Å². The van der Waals surface area contributed by atoms with Crippen LogP contribution in [-0.4, -0.2) is 33.0 Å². The molecule has 0 bridgehead atoms. The number of nitrogens with one attached hydrogen (secondary N) is 1. The molecular weight excluding hydrogens is 444 g/mol. The Bertz CT molecular complexity index is 1410. The third-order valence-electron chi connectivity index (χ3n) is 5.96. The molecule has 0 atom stereocenters. The summed E-state index contributed by atoms with van der Waals surface area (Å²) >= 11 is 1.42. The van der Waals surface area contributed by atoms with Crippen molar-refractivity contribution in [2.75, 3.05) is 6.61 Å². The molecule has 1 N–H and O–H groups in total. The molecule has 2 aromatic carbocycles. The van der Waals surface area contributed by atoms with E-state index in [9.17, 15) is 4.79 Å². The molecule has 7 heteroatoms. The van der Waals surface area contributed by atoms with Crippen molar-refractivity contribution in [1.82, 2.24) is 9.47 Å². The smallest absolute Gasteiger partial charge is 0.283 e. The molecule has 5 rings (SSSR count). The number of para-hydroxylation sites is 1. The number of carbonyl (C=O) groups excluding carboxylic acids is 1. The zero-order valence-corrected chi connectivity index (χ0v) is 20.3. The first-order valence-electron chi connectivity index (χ1n) is 11.3. The van der Waals surface area contributed by atoms with Crippen molar-refractivity contribution in [3.63, 3.8) is 0 Å². The molecule has 0 fully saturated rings. The molecule has 0 spiro atoms. The van der Waals surface area contributed by atoms with Crippen LogP contribution in [-0.2, 0) is 11.3 Å². The lowest BCUT2D eigenvalue weighted by atomic mass is 10.1. The molecule has 0 unspecified atom stereocenters. The van der Waals surface area contributed by atoms with Gasteiger partial charge in [0, 0.05) is 40.3 Å². The highest BCUT2D eigenvalue weighted by atomic mass is 32.2. The molecule has 2 aliphatic rings. The van der Waals surface area contributed by atoms with Gasteiger partial charge in [-0.25, -0.2) is 0 Å². The van der Waals surface area contributed by atoms with Crippen LogP contribution < -0.4 is 4.74 Å². The van der Waals surface area contributed by atoms with E-state index in [1.165, 1.54) is 17.3 Å². The first-order chi connectivity index (χ1) is 16.4. The zero-order valence-electron chi connectivity index (χ0n) is 19.5. The molecule has 34 heavy (non-hydrogen) atoms. The zero-order chi connectivity index (χ0) is 23.8. The number of hydrogen-bond acceptors (Lipinski definition) is 4. The van der Waals surface area contributed by atoms with Crippen LogP contribution in [0.4, 0.5) is 0 Å². The van der Waals surface area contributed by atoms with Gasteiger partial charge in [-0.2, -0.15) is 4.99 Å². The summed E-state index contributed by atoms with van der Waals surface area (Å²) in [6.45, 7) is 7.48. The van der Waals surface area contributed by atoms with Crippen LogP contribution >= 0.6 is 11.8 Å². The van der Waals surface area contributed by atoms with Crippen LogP contribution in [0.1, 0.15) is 30.0 Å². The van der Waals surface area contributed by atoms with E-state index in [1.54, 1.807) is 11.0 Å². The van der Waals surface area contributed by atoms with Crippen molar-refractivity contribution >= 4 is 45.7 Å². The van der Waals surface area contributed by atoms with Gasteiger partial charge in [0.05, 0.1) is 12.2 Å². The highest BCUT2D eigenvalue weighted by Gasteiger charge is 2.33. The molecule has 1 amide bonds. The number of aliphatic imine (C=N–C) groups is 1. The van der Waals surface area contributed by atoms with Crippen LogP contribution in [0.15, 0.2) is 70.3 Å². The number of fused-ring (bicyclic) bond motifs is 2. The lowest BCUT2D eigenvalue weighted by Gasteiger charge is -2.22. The number of thioether (sulfide) groups is 1. The molecular formula is C27H26N4O2S. The molecule has 172 valence electrons. The van der Waals surface area contributed by atoms with Crippen molar-refractivity contribution < 1.29 is 9.53 Å². The molecule has 0 saturated heterocycles. The van der Waals surface area contributed by atoms with Crippen LogP contribution in [0.2, 0.25) is 0 Å². The maximum Gasteiger partial charge on any atom is 0.283 e. The number of ether oxygens (including phenoxy) is 1. The normalized spacial score (nSPS) is 16.8. The monoisotopic (exact) mass is 470 g/mol. The maximum absolute atomic E-state index is 12.7. The second kappa shape index (κ2) is 8.99. The molecule has 0 saturated carbocycles. The Morgan fingerprint density at radius 2 is 1.97 bits per heavy atom. The number of carbonyl (C=O) groups is 1. The van der Waals surface area contributed by atoms with Crippen LogP contribution in [0, 0.1) is 19.3 Å². The average Bonchev–Trinajstić information content (AvgIpc) is 3.36. The van der Waals surface area contributed by atoms with Crippen molar-refractivity contribution in [2.24, 2.45) is 4.99 Å². The van der Waals surface area contributed by atoms with E-state index >= 15 is 0 Å². The summed E-state index contributed by atoms with van der Waals surface area (Å²) in [6.07, 6.45) is 6.54. The summed E-state index contributed by atoms with van der Waals surface area (Å²) in [5, 5.41) is 10.2. The Kier molecular flexibility index (Phi) is 5.87. The lowest BCUT2D eigenvalue weighted by molar-refractivity contribution is -0.114. The molecule has 3 heterocycles. The summed E-state index contributed by atoms with van der Waals surface area (Å²) in [5.41, 5.74) is 4.62. The molecule has 1 aromatic heterocycles. The Morgan fingerprint density at radius 1 is 1.15 bits per heavy atom. The summed E-state index contributed by atoms with van der Waals surface area (Å²) in [6, 6.07) is 14.4. The first-order valence-corrected chi connectivity index (χ1v) is 12.1. The predicted octanol–water partition coefficient (Wildman–Crippen LogP) is 5.89. The highest BCUT2D eigenvalue weighted by molar-refractivity contribution is 8.17. The van der Waals surface area contributed by atoms with Crippen LogP contribution in [0.25, 0.3) is 17.0 Å². The molecule has 2 aliphatic heterocycles. The minimum absolute atomic E-state index is 0.165. The van der Waals surface area contributed by atoms with Gasteiger partial charge < -0.3 is 9.30 Å². The summed E-state index contributed by atoms with van der Waals surface area (Å²) in [7, 11) is 0. The minimum Gasteiger partial charge on any atom is -0.493 e. The third-order valence-corrected chi connectivity index (χ3v) is 6.85. The third kappa shape index (κ3) is 4.19. The fourth-order valence-corrected chi connectivity index (χ4v) is 5.03. The summed E-state index contributed by atoms with van der Waals surface area (Å²) < 4.78 is 8.22. The van der Waals surface area contributed by atoms with Crippen molar-refractivity contribution in [2.45, 2.75) is 33.7 Å². The van der Waals surface area contributed by atoms with Crippen molar-refractivity contribution in [1.29, 1.82) is 5.41 Å². The molecule has 3 aromatic rings. The number of hydrogen-bond donors (Lipinski definition) is 1. The maximum atomic E-state index is 12.7. The van der Waals surface area contributed by atoms with Gasteiger partial charge in [0.15, 0.2) is 5.17 Å². The van der Waals surface area contributed by atoms with E-state index in [0.717, 1.165) is 45.7 Å². The van der Waals surface area contributed by atoms with Gasteiger partial charge >= 0.3 is 0 Å². The average molecular weight is 471 g/mol. The number of aromatic nitrogens is 1. The number of benzene rings is 2. The van der Waals surface area contributed by atoms with E-state index in [2.05, 4.69) is 53.9 Å². The SMILES string of the molecule is CC1=CN2C(=N)/C(=C/c3cn(CCCOc4cc(C)ccc4C)c4ccccc34)C(=O)N=C2S1. The van der Waals surface area contributed by atoms with Crippen molar-refractivity contribution in [3.8, 4) is 5.75 Å². The van der Waals surface area contributed by atoms with Gasteiger partial charge in [-0.1, -0.05) is 42.1 Å². The Morgan fingerprint density at radius 3 is 2.82 bits per heavy atom. The van der Waals surface area contributed by atoms with E-state index in [4.69, 9.17) is 10.1 Å². The topological polar surface area (TPSA) is 70.7 Å². The number of amides is 1. The molecule has 0 aliphatic carbocycles. The Hall–Kier alpha value is -3.58. The highest BCUT2D eigenvalue weighted by Crippen LogP contribution is 2.33. The van der Waals surface area contributed by atoms with Gasteiger partial charge in [-0.05, 0) is 56.5 Å². The van der Waals surface area contributed by atoms with E-state index in [1.807, 2.05) is 31.3 Å². The van der Waals surface area contributed by atoms with Gasteiger partial charge in [-0.15, -0.1) is 0 Å². The largest absolute Gasteiger partial charge is 0.493 e. The fraction of sp³-hybridized carbons (Fsp3) is 0.222. The number of amidine groups is 2. The predicted molar refractivity (Wildman–Crippen MR) is 139 cm³/mol. The number of rotatable bonds is 6. The van der Waals surface area contributed by atoms with Crippen LogP contribution in [0.3, 0.4) is 0 Å². The number of nitrogens with zero attached hydrogens (tertiary/aromatic N) is 3. The quantitative estimate of drug-likeness (QED) is 0.360. The summed E-state index contributed by atoms with van der Waals surface area (Å²) in [5.74, 6) is 0.727. The molecule has 0 radical (unpaired) electrons. The molecule has 6 nitrogen and oxygen atoms in total. The minimum atomic E-state index is -0.370. The van der Waals surface area contributed by atoms with Crippen molar-refractivity contribution in [3.05, 3.63) is 82.0 Å². The Balaban J connectivity index is 1.37. The van der Waals surface area contributed by atoms with Gasteiger partial charge in [0.25, 0.3) is 5.91 Å². The lowest BCUT2D eigenvalue weighted by Crippen LogP contribution is -2.35. The van der Waals surface area contributed by atoms with Crippen LogP contribution in [0.5, 0.6) is 5.75 Å². The summed E-state index contributed by atoms with van der Waals surface area (Å²) in [4.78, 5) is 19.6. The second-order valence-corrected chi connectivity index (χ2v) is 9.80. The Labute approximate surface area is 203 Å². The fourth-order valence-electron chi connectivity index (χ4n) is 4.21. The number of aryl methyl sites for hydroxylation is 3. The number of allylic oxidation sites excluding steroid dienone is 1. The standard InChI is InChI=1S/C27H26N4O2S/c1-17-9-10-18(2)24(13-17)33-12-6-11-30-16-20(21-7-4-5-8-23(21)30)14-22-25(28)31-15-19(3)34-27(31)29-26(22)32/h4-5,7-10,13-16,28H,6,11-12H2,1-3H3/b22-14-,28-25?. The van der Waals surface area contributed by atoms with E-state index in [0.29, 0.717) is 17.3 Å². The first kappa shape index (κ1) is 22.2. The van der Waals surface area contributed by atoms with E-state index in [-0.39, 0.29) is 11.7 Å².